The van der Waals surface area contributed by atoms with Crippen LogP contribution < -0.4 is 45.3 Å². The molecule has 0 amide bonds. The van der Waals surface area contributed by atoms with E-state index in [1.54, 1.807) is 9.97 Å². The Bertz CT molecular complexity index is 5800. The highest BCUT2D eigenvalue weighted by Gasteiger charge is 2.64. The lowest BCUT2D eigenvalue weighted by molar-refractivity contribution is -0.0794. The van der Waals surface area contributed by atoms with Gasteiger partial charge < -0.3 is 129 Å². The first kappa shape index (κ1) is 106. The van der Waals surface area contributed by atoms with E-state index in [2.05, 4.69) is 82.9 Å². The summed E-state index contributed by atoms with van der Waals surface area (Å²) in [5.41, 5.74) is 3.74. The molecule has 8 rings (SSSR count). The predicted molar refractivity (Wildman–Crippen MR) is 386 cm³/mol. The summed E-state index contributed by atoms with van der Waals surface area (Å²) < 4.78 is 289. The summed E-state index contributed by atoms with van der Waals surface area (Å²) in [4.78, 5) is 213. The molecule has 26 N–H and O–H groups in total. The summed E-state index contributed by atoms with van der Waals surface area (Å²) in [5.74, 6) is -0.655. The molecule has 68 nitrogen and oxygen atoms in total. The Morgan fingerprint density at radius 2 is 0.643 bits per heavy atom. The smallest absolute Gasteiger partial charge is 0.388 e. The number of aromatic nitrogens is 12. The molecule has 0 aromatic carbocycles. The number of nitrogens with one attached hydrogen (secondary N) is 2. The molecule has 126 heavy (non-hydrogen) atoms. The van der Waals surface area contributed by atoms with Gasteiger partial charge in [0.05, 0.1) is 43.2 Å². The van der Waals surface area contributed by atoms with E-state index in [9.17, 15) is 146 Å². The fourth-order valence-electron chi connectivity index (χ4n) is 9.57. The Morgan fingerprint density at radius 1 is 0.405 bits per heavy atom. The van der Waals surface area contributed by atoms with Crippen LogP contribution in [0.2, 0.25) is 0 Å². The number of phosphoric acid groups is 12. The highest BCUT2D eigenvalue weighted by molar-refractivity contribution is 7.68. The number of nitrogens with two attached hydrogens (primary N) is 2. The number of ether oxygens (including phenoxy) is 4. The van der Waals surface area contributed by atoms with E-state index in [4.69, 9.17) is 136 Å². The zero-order valence-corrected chi connectivity index (χ0v) is 73.8. The van der Waals surface area contributed by atoms with Gasteiger partial charge in [0.2, 0.25) is 0 Å². The van der Waals surface area contributed by atoms with Crippen LogP contribution in [0.3, 0.4) is 0 Å². The second-order valence-corrected chi connectivity index (χ2v) is 44.0. The maximum Gasteiger partial charge on any atom is 0.490 e. The Kier molecular flexibility index (Phi) is 35.7. The van der Waals surface area contributed by atoms with Gasteiger partial charge in [0.25, 0.3) is 11.1 Å². The van der Waals surface area contributed by atoms with E-state index in [0.717, 1.165) is 26.2 Å². The Labute approximate surface area is 714 Å². The number of H-pyrrole nitrogens is 2. The summed E-state index contributed by atoms with van der Waals surface area (Å²) in [6.07, 6.45) is -26.1. The minimum absolute atomic E-state index is 0.220. The Balaban J connectivity index is 0.000000307. The zero-order valence-electron chi connectivity index (χ0n) is 64.1. The quantitative estimate of drug-likeness (QED) is 0.0116. The number of aliphatic hydroxyl groups is 4. The molecule has 4 saturated heterocycles. The number of halogens is 8. The van der Waals surface area contributed by atoms with Gasteiger partial charge in [-0.05, 0) is 13.8 Å². The van der Waals surface area contributed by atoms with Crippen LogP contribution in [0.15, 0.2) is 53.6 Å². The first-order valence-electron chi connectivity index (χ1n) is 32.7. The second kappa shape index (κ2) is 42.3. The maximum atomic E-state index is 13.7. The van der Waals surface area contributed by atoms with Gasteiger partial charge >= 0.3 is 117 Å². The molecule has 4 fully saturated rings. The topological polar surface area (TPSA) is 1040 Å². The molecule has 4 aromatic rings. The largest absolute Gasteiger partial charge is 0.490 e. The van der Waals surface area contributed by atoms with Crippen molar-refractivity contribution in [3.05, 3.63) is 87.4 Å². The minimum Gasteiger partial charge on any atom is -0.388 e. The molecule has 0 spiro atoms. The highest BCUT2D eigenvalue weighted by atomic mass is 35.5. The molecule has 88 heteroatoms. The van der Waals surface area contributed by atoms with Crippen LogP contribution in [0.4, 0.5) is 29.2 Å². The van der Waals surface area contributed by atoms with E-state index in [1.807, 2.05) is 0 Å². The molecule has 4 aromatic heterocycles. The standard InChI is InChI=1S/C10H17ClFN4O13P3.C10H16ClFN3O14P3.C9H15ClFN4O13P3.C9H14ClFN3O14P3/c1-4(27-31(22,23)29-32(24,25)28-30(19,20)21)6-7(17)10(11,3-12)8(26-6)16-9(18)15-5(13)2-14-16;1-4(27-31(22,23)29-32(24,25)28-30(19,20)21)6-7(17)10(11,3-12)8(26-6)15-9(18)14-5(16)2-13-15;10-9(3-11)6(16)4(26-7(9)15-8(17)14-5(12)1-13-15)2-25-30(21,22)28-31(23,24)27-29(18,19)20;10-9(3-11)6(16)4(26-7(9)14-8(17)13-5(15)1-12-14)2-25-30(21,22)28-31(23,24)27-29(18,19)20/h2,4,6-8,17H,3H2,1H3,(H,22,23)(H,24,25)(H2,13,15,18)(H2,19,20,21);2,4,6-8,17H,3H2,1H3,(H,22,23)(H,24,25)(H,14,16,18)(H2,19,20,21);1,4,6-7,16H,2-3H2,(H,21,22)(H,23,24)(H2,12,14,17)(H2,18,19,20);1,4,6-7,16H,2-3H2,(H,21,22)(H,23,24)(H,13,15,17)(H2,18,19,20)/t2*4-,6+,7-,8+,10?;2*4-,6+,7-,9?/m0011/s1/i;;2*2D2. The first-order chi connectivity index (χ1) is 58.3. The van der Waals surface area contributed by atoms with Gasteiger partial charge in [-0.3, -0.25) is 37.7 Å². The van der Waals surface area contributed by atoms with Crippen molar-refractivity contribution in [2.45, 2.75) is 119 Å². The van der Waals surface area contributed by atoms with Crippen LogP contribution in [0.5, 0.6) is 0 Å². The van der Waals surface area contributed by atoms with Crippen LogP contribution in [0.1, 0.15) is 44.2 Å². The first-order valence-corrected chi connectivity index (χ1v) is 50.3. The van der Waals surface area contributed by atoms with E-state index < -0.39 is 273 Å². The minimum atomic E-state index is -6.07. The highest BCUT2D eigenvalue weighted by Crippen LogP contribution is 2.71. The van der Waals surface area contributed by atoms with Gasteiger partial charge in [-0.1, -0.05) is 0 Å². The average Bonchev–Trinajstić information content (AvgIpc) is 1.61. The lowest BCUT2D eigenvalue weighted by atomic mass is 9.98. The number of alkyl halides is 8. The fourth-order valence-corrected chi connectivity index (χ4v) is 22.8. The Morgan fingerprint density at radius 3 is 0.897 bits per heavy atom. The lowest BCUT2D eigenvalue weighted by Crippen LogP contribution is -2.48. The molecule has 0 bridgehead atoms. The van der Waals surface area contributed by atoms with E-state index in [-0.39, 0.29) is 21.0 Å². The predicted octanol–water partition coefficient (Wildman–Crippen LogP) is -4.72. The van der Waals surface area contributed by atoms with Crippen LogP contribution in [-0.2, 0) is 126 Å². The van der Waals surface area contributed by atoms with Gasteiger partial charge in [0.15, 0.2) is 24.9 Å². The van der Waals surface area contributed by atoms with E-state index >= 15 is 0 Å². The number of aromatic amines is 2. The van der Waals surface area contributed by atoms with Crippen molar-refractivity contribution in [3.63, 3.8) is 0 Å². The van der Waals surface area contributed by atoms with Gasteiger partial charge in [0, 0.05) is 0 Å². The number of anilines is 2. The third kappa shape index (κ3) is 31.4. The fraction of sp³-hybridized carbons (Fsp3) is 0.684. The summed E-state index contributed by atoms with van der Waals surface area (Å²) >= 11 is 24.1. The van der Waals surface area contributed by atoms with Crippen molar-refractivity contribution >= 4 is 152 Å². The number of nitrogens with zero attached hydrogens (tertiary/aromatic N) is 10. The van der Waals surface area contributed by atoms with Crippen molar-refractivity contribution in [3.8, 4) is 0 Å². The van der Waals surface area contributed by atoms with Crippen molar-refractivity contribution in [2.75, 3.05) is 51.3 Å². The summed E-state index contributed by atoms with van der Waals surface area (Å²) in [7, 11) is -69.7. The third-order valence-electron chi connectivity index (χ3n) is 14.3. The van der Waals surface area contributed by atoms with Crippen molar-refractivity contribution < 1.29 is 248 Å². The number of nitrogen functional groups attached to an aromatic ring is 2. The normalized spacial score (nSPS) is 31.5. The molecule has 12 unspecified atom stereocenters. The molecule has 0 aliphatic carbocycles. The van der Waals surface area contributed by atoms with E-state index in [0.29, 0.717) is 21.8 Å². The van der Waals surface area contributed by atoms with Crippen LogP contribution in [0.25, 0.3) is 0 Å². The molecule has 4 aliphatic rings. The van der Waals surface area contributed by atoms with Crippen molar-refractivity contribution in [1.29, 1.82) is 0 Å². The molecule has 4 aliphatic heterocycles. The summed E-state index contributed by atoms with van der Waals surface area (Å²) in [6.45, 7) is -11.9. The molecular weight excluding hydrogens is 2110 g/mol. The number of hydrogen-bond donors (Lipinski definition) is 24. The number of hydrogen-bond acceptors (Lipinski definition) is 46. The third-order valence-corrected chi connectivity index (χ3v) is 31.6. The van der Waals surface area contributed by atoms with Crippen molar-refractivity contribution in [1.82, 2.24) is 59.1 Å². The SMILES string of the molecule is C[C@H](OP(=O)(O)OP(=O)(O)OP(=O)(O)O)[C@H]1O[C@@H](n2ncc(=O)[nH]c2=O)C(Cl)(CF)[C@H]1O.C[C@H](OP(=O)(O)OP(=O)(O)OP(=O)(O)O)[C@H]1O[C@@H](n2ncc(N)nc2=O)C(Cl)(CF)[C@H]1O.[2H]C([2H])(OP(=O)(O)OP(=O)(O)OP(=O)(O)O)[C@H]1O[C@@H](n2ncc(=O)[nH]c2=O)C(Cl)(CF)[C@H]1O.[2H]C([2H])(OP(=O)(O)OP(=O)(O)OP(=O)(O)O)[C@H]1O[C@@H](n2ncc(N)nc2=O)C(Cl)(CF)[C@H]1O. The summed E-state index contributed by atoms with van der Waals surface area (Å²) in [6, 6.07) is 0. The zero-order chi connectivity index (χ0) is 101. The van der Waals surface area contributed by atoms with Crippen molar-refractivity contribution in [2.24, 2.45) is 0 Å². The number of phosphoric ester groups is 4. The van der Waals surface area contributed by atoms with Gasteiger partial charge in [-0.2, -0.15) is 83.6 Å². The Hall–Kier alpha value is -3.36. The summed E-state index contributed by atoms with van der Waals surface area (Å²) in [5, 5.41) is 55.4. The molecule has 0 saturated carbocycles. The van der Waals surface area contributed by atoms with Crippen LogP contribution in [-0.4, -0.2) is 278 Å². The van der Waals surface area contributed by atoms with Gasteiger partial charge in [-0.25, -0.2) is 91.5 Å². The number of aliphatic hydroxyl groups excluding tert-OH is 4. The monoisotopic (exact) mass is 2170 g/mol. The average molecular weight is 2170 g/mol. The van der Waals surface area contributed by atoms with E-state index in [1.165, 1.54) is 0 Å². The van der Waals surface area contributed by atoms with Gasteiger partial charge in [0.1, 0.15) is 119 Å². The maximum absolute atomic E-state index is 13.7. The van der Waals surface area contributed by atoms with Gasteiger partial charge in [-0.15, -0.1) is 46.4 Å². The molecule has 26 atom stereocenters. The lowest BCUT2D eigenvalue weighted by Gasteiger charge is -2.27. The van der Waals surface area contributed by atoms with Crippen LogP contribution in [0, 0.1) is 0 Å². The number of rotatable bonds is 36. The molecule has 0 radical (unpaired) electrons. The molecule has 8 heterocycles. The molecular formula is C38H62Cl4F4N14O54P12. The van der Waals surface area contributed by atoms with Crippen LogP contribution >= 0.6 is 140 Å². The molecule has 724 valence electrons. The second-order valence-electron chi connectivity index (χ2n) is 23.7.